The van der Waals surface area contributed by atoms with Crippen molar-refractivity contribution in [1.29, 1.82) is 0 Å². The maximum Gasteiger partial charge on any atom is 0.490 e. The van der Waals surface area contributed by atoms with Crippen LogP contribution >= 0.6 is 0 Å². The highest BCUT2D eigenvalue weighted by molar-refractivity contribution is 7.88. The number of rotatable bonds is 2. The summed E-state index contributed by atoms with van der Waals surface area (Å²) in [6, 6.07) is 0.377. The smallest absolute Gasteiger partial charge is 0.475 e. The Labute approximate surface area is 109 Å². The van der Waals surface area contributed by atoms with Crippen molar-refractivity contribution in [3.63, 3.8) is 0 Å². The van der Waals surface area contributed by atoms with Crippen molar-refractivity contribution in [1.82, 2.24) is 4.72 Å². The second-order valence-corrected chi connectivity index (χ2v) is 6.08. The second-order valence-electron chi connectivity index (χ2n) is 4.30. The first-order valence-corrected chi connectivity index (χ1v) is 7.34. The molecule has 1 fully saturated rings. The fourth-order valence-electron chi connectivity index (χ4n) is 1.54. The Morgan fingerprint density at radius 3 is 1.89 bits per heavy atom. The van der Waals surface area contributed by atoms with Crippen LogP contribution in [0.4, 0.5) is 13.2 Å². The summed E-state index contributed by atoms with van der Waals surface area (Å²) in [5.41, 5.74) is 5.68. The number of hydrogen-bond acceptors (Lipinski definition) is 4. The van der Waals surface area contributed by atoms with Gasteiger partial charge in [-0.05, 0) is 25.7 Å². The number of nitrogens with one attached hydrogen (secondary N) is 1. The topological polar surface area (TPSA) is 109 Å². The fourth-order valence-corrected chi connectivity index (χ4v) is 2.38. The van der Waals surface area contributed by atoms with Crippen molar-refractivity contribution in [3.8, 4) is 0 Å². The van der Waals surface area contributed by atoms with Gasteiger partial charge in [0.25, 0.3) is 0 Å². The summed E-state index contributed by atoms with van der Waals surface area (Å²) in [7, 11) is -3.03. The van der Waals surface area contributed by atoms with Crippen LogP contribution in [-0.2, 0) is 14.8 Å². The summed E-state index contributed by atoms with van der Waals surface area (Å²) in [6.45, 7) is 0. The molecule has 0 atom stereocenters. The van der Waals surface area contributed by atoms with Gasteiger partial charge in [0.05, 0.1) is 6.26 Å². The van der Waals surface area contributed by atoms with Gasteiger partial charge in [0.2, 0.25) is 10.0 Å². The normalized spacial score (nSPS) is 24.3. The van der Waals surface area contributed by atoms with Gasteiger partial charge in [-0.25, -0.2) is 17.9 Å². The number of carboxylic acid groups (broad SMARTS) is 1. The number of nitrogens with two attached hydrogens (primary N) is 1. The molecule has 0 spiro atoms. The molecule has 114 valence electrons. The monoisotopic (exact) mass is 306 g/mol. The lowest BCUT2D eigenvalue weighted by Gasteiger charge is -2.25. The molecule has 1 aliphatic rings. The van der Waals surface area contributed by atoms with E-state index in [4.69, 9.17) is 15.6 Å². The van der Waals surface area contributed by atoms with Crippen LogP contribution < -0.4 is 10.5 Å². The van der Waals surface area contributed by atoms with Gasteiger partial charge in [0.15, 0.2) is 0 Å². The Kier molecular flexibility index (Phi) is 6.73. The minimum atomic E-state index is -5.08. The number of aliphatic carboxylic acids is 1. The zero-order valence-corrected chi connectivity index (χ0v) is 11.1. The Hall–Kier alpha value is -0.870. The van der Waals surface area contributed by atoms with Crippen molar-refractivity contribution in [2.45, 2.75) is 43.9 Å². The lowest BCUT2D eigenvalue weighted by Crippen LogP contribution is -2.39. The largest absolute Gasteiger partial charge is 0.490 e. The van der Waals surface area contributed by atoms with E-state index in [1.807, 2.05) is 0 Å². The van der Waals surface area contributed by atoms with Crippen LogP contribution in [0.3, 0.4) is 0 Å². The molecule has 1 rings (SSSR count). The number of carboxylic acids is 1. The van der Waals surface area contributed by atoms with Gasteiger partial charge in [-0.2, -0.15) is 13.2 Å². The van der Waals surface area contributed by atoms with Crippen molar-refractivity contribution < 1.29 is 31.5 Å². The first kappa shape index (κ1) is 18.1. The van der Waals surface area contributed by atoms with E-state index >= 15 is 0 Å². The van der Waals surface area contributed by atoms with Gasteiger partial charge in [0, 0.05) is 12.1 Å². The van der Waals surface area contributed by atoms with Gasteiger partial charge in [-0.1, -0.05) is 0 Å². The third-order valence-corrected chi connectivity index (χ3v) is 3.16. The molecule has 0 heterocycles. The first-order valence-electron chi connectivity index (χ1n) is 5.45. The molecule has 1 aliphatic carbocycles. The van der Waals surface area contributed by atoms with E-state index in [-0.39, 0.29) is 12.1 Å². The molecule has 0 aromatic carbocycles. The SMILES string of the molecule is CS(=O)(=O)NC1CCC(N)CC1.O=C(O)C(F)(F)F. The van der Waals surface area contributed by atoms with Gasteiger partial charge < -0.3 is 10.8 Å². The first-order chi connectivity index (χ1) is 8.42. The van der Waals surface area contributed by atoms with Crippen LogP contribution in [0.25, 0.3) is 0 Å². The molecule has 6 nitrogen and oxygen atoms in total. The fraction of sp³-hybridized carbons (Fsp3) is 0.889. The molecule has 0 aromatic heterocycles. The summed E-state index contributed by atoms with van der Waals surface area (Å²) in [5, 5.41) is 7.12. The number of alkyl halides is 3. The van der Waals surface area contributed by atoms with Crippen molar-refractivity contribution in [2.24, 2.45) is 5.73 Å². The lowest BCUT2D eigenvalue weighted by molar-refractivity contribution is -0.192. The van der Waals surface area contributed by atoms with Crippen molar-refractivity contribution >= 4 is 16.0 Å². The Morgan fingerprint density at radius 1 is 1.26 bits per heavy atom. The molecular weight excluding hydrogens is 289 g/mol. The molecule has 4 N–H and O–H groups in total. The summed E-state index contributed by atoms with van der Waals surface area (Å²) < 4.78 is 56.0. The number of hydrogen-bond donors (Lipinski definition) is 3. The quantitative estimate of drug-likeness (QED) is 0.686. The molecule has 0 unspecified atom stereocenters. The standard InChI is InChI=1S/C7H16N2O2S.C2HF3O2/c1-12(10,11)9-7-4-2-6(8)3-5-7;3-2(4,5)1(6)7/h6-7,9H,2-5,8H2,1H3;(H,6,7). The highest BCUT2D eigenvalue weighted by Crippen LogP contribution is 2.17. The van der Waals surface area contributed by atoms with Crippen molar-refractivity contribution in [2.75, 3.05) is 6.26 Å². The van der Waals surface area contributed by atoms with Crippen LogP contribution in [-0.4, -0.2) is 44.0 Å². The van der Waals surface area contributed by atoms with Crippen LogP contribution in [0, 0.1) is 0 Å². The summed E-state index contributed by atoms with van der Waals surface area (Å²) >= 11 is 0. The molecule has 19 heavy (non-hydrogen) atoms. The van der Waals surface area contributed by atoms with Crippen LogP contribution in [0.5, 0.6) is 0 Å². The molecule has 0 bridgehead atoms. The summed E-state index contributed by atoms with van der Waals surface area (Å²) in [4.78, 5) is 8.90. The van der Waals surface area contributed by atoms with Gasteiger partial charge in [-0.3, -0.25) is 0 Å². The zero-order valence-electron chi connectivity index (χ0n) is 10.3. The van der Waals surface area contributed by atoms with Crippen LogP contribution in [0.2, 0.25) is 0 Å². The Morgan fingerprint density at radius 2 is 1.63 bits per heavy atom. The van der Waals surface area contributed by atoms with E-state index in [0.29, 0.717) is 0 Å². The lowest BCUT2D eigenvalue weighted by atomic mass is 9.93. The molecule has 10 heteroatoms. The van der Waals surface area contributed by atoms with E-state index in [1.54, 1.807) is 0 Å². The number of halogens is 3. The molecular formula is C9H17F3N2O4S. The Balaban J connectivity index is 0.000000399. The third-order valence-electron chi connectivity index (χ3n) is 2.40. The molecule has 1 saturated carbocycles. The summed E-state index contributed by atoms with van der Waals surface area (Å²) in [5.74, 6) is -2.76. The molecule has 0 radical (unpaired) electrons. The molecule has 0 amide bonds. The van der Waals surface area contributed by atoms with Crippen LogP contribution in [0.15, 0.2) is 0 Å². The van der Waals surface area contributed by atoms with E-state index in [2.05, 4.69) is 4.72 Å². The number of carbonyl (C=O) groups is 1. The molecule has 0 aliphatic heterocycles. The van der Waals surface area contributed by atoms with Gasteiger partial charge in [0.1, 0.15) is 0 Å². The highest BCUT2D eigenvalue weighted by Gasteiger charge is 2.38. The maximum atomic E-state index is 10.8. The average Bonchev–Trinajstić information content (AvgIpc) is 2.19. The average molecular weight is 306 g/mol. The number of sulfonamides is 1. The maximum absolute atomic E-state index is 10.8. The Bertz CT molecular complexity index is 389. The minimum absolute atomic E-state index is 0.111. The summed E-state index contributed by atoms with van der Waals surface area (Å²) in [6.07, 6.45) is -0.301. The van der Waals surface area contributed by atoms with E-state index < -0.39 is 22.2 Å². The highest BCUT2D eigenvalue weighted by atomic mass is 32.2. The molecule has 0 saturated heterocycles. The second kappa shape index (κ2) is 7.06. The van der Waals surface area contributed by atoms with E-state index in [1.165, 1.54) is 6.26 Å². The van der Waals surface area contributed by atoms with Crippen LogP contribution in [0.1, 0.15) is 25.7 Å². The third kappa shape index (κ3) is 9.68. The van der Waals surface area contributed by atoms with E-state index in [0.717, 1.165) is 25.7 Å². The minimum Gasteiger partial charge on any atom is -0.475 e. The van der Waals surface area contributed by atoms with Crippen molar-refractivity contribution in [3.05, 3.63) is 0 Å². The van der Waals surface area contributed by atoms with E-state index in [9.17, 15) is 21.6 Å². The van der Waals surface area contributed by atoms with Gasteiger partial charge in [-0.15, -0.1) is 0 Å². The predicted octanol–water partition coefficient (Wildman–Crippen LogP) is 0.439. The van der Waals surface area contributed by atoms with Gasteiger partial charge >= 0.3 is 12.1 Å². The molecule has 0 aromatic rings. The zero-order chi connectivity index (χ0) is 15.3. The predicted molar refractivity (Wildman–Crippen MR) is 61.9 cm³/mol.